The second-order valence-electron chi connectivity index (χ2n) is 6.26. The van der Waals surface area contributed by atoms with E-state index in [4.69, 9.17) is 21.1 Å². The average molecular weight is 474 g/mol. The minimum Gasteiger partial charge on any atom is -0.493 e. The van der Waals surface area contributed by atoms with Crippen LogP contribution < -0.4 is 14.8 Å². The molecule has 0 aliphatic carbocycles. The Morgan fingerprint density at radius 3 is 2.55 bits per heavy atom. The van der Waals surface area contributed by atoms with Crippen LogP contribution >= 0.6 is 23.4 Å². The SMILES string of the molecule is COc1cc(COC(=O)C(CCSC)NC(=O)c2ccccc2Cl)ccc1OC(F)F. The van der Waals surface area contributed by atoms with Crippen molar-refractivity contribution in [3.05, 3.63) is 58.6 Å². The second kappa shape index (κ2) is 12.4. The van der Waals surface area contributed by atoms with E-state index in [2.05, 4.69) is 10.1 Å². The summed E-state index contributed by atoms with van der Waals surface area (Å²) in [4.78, 5) is 25.1. The van der Waals surface area contributed by atoms with Crippen LogP contribution in [0.1, 0.15) is 22.3 Å². The highest BCUT2D eigenvalue weighted by molar-refractivity contribution is 7.98. The number of carbonyl (C=O) groups excluding carboxylic acids is 2. The summed E-state index contributed by atoms with van der Waals surface area (Å²) in [7, 11) is 1.31. The topological polar surface area (TPSA) is 73.9 Å². The molecule has 0 saturated carbocycles. The van der Waals surface area contributed by atoms with E-state index in [-0.39, 0.29) is 28.7 Å². The van der Waals surface area contributed by atoms with Gasteiger partial charge in [0.15, 0.2) is 11.5 Å². The molecule has 6 nitrogen and oxygen atoms in total. The van der Waals surface area contributed by atoms with Crippen LogP contribution in [0.15, 0.2) is 42.5 Å². The maximum absolute atomic E-state index is 12.6. The summed E-state index contributed by atoms with van der Waals surface area (Å²) in [5.74, 6) is -0.529. The number of ether oxygens (including phenoxy) is 3. The molecule has 10 heteroatoms. The molecule has 1 atom stereocenters. The number of methoxy groups -OCH3 is 1. The molecule has 31 heavy (non-hydrogen) atoms. The number of benzene rings is 2. The molecule has 168 valence electrons. The first-order valence-electron chi connectivity index (χ1n) is 9.18. The van der Waals surface area contributed by atoms with Crippen molar-refractivity contribution in [3.63, 3.8) is 0 Å². The molecule has 1 unspecified atom stereocenters. The van der Waals surface area contributed by atoms with E-state index in [0.29, 0.717) is 17.7 Å². The van der Waals surface area contributed by atoms with Gasteiger partial charge in [-0.2, -0.15) is 20.5 Å². The van der Waals surface area contributed by atoms with E-state index in [0.717, 1.165) is 0 Å². The van der Waals surface area contributed by atoms with E-state index in [1.165, 1.54) is 37.1 Å². The number of alkyl halides is 2. The van der Waals surface area contributed by atoms with E-state index < -0.39 is 24.5 Å². The number of halogens is 3. The predicted molar refractivity (Wildman–Crippen MR) is 115 cm³/mol. The first-order valence-corrected chi connectivity index (χ1v) is 11.0. The van der Waals surface area contributed by atoms with Gasteiger partial charge in [0.2, 0.25) is 0 Å². The Kier molecular flexibility index (Phi) is 9.87. The van der Waals surface area contributed by atoms with Gasteiger partial charge in [-0.25, -0.2) is 4.79 Å². The molecular weight excluding hydrogens is 452 g/mol. The van der Waals surface area contributed by atoms with Crippen molar-refractivity contribution in [1.29, 1.82) is 0 Å². The molecule has 2 rings (SSSR count). The van der Waals surface area contributed by atoms with Gasteiger partial charge in [-0.1, -0.05) is 29.8 Å². The van der Waals surface area contributed by atoms with Crippen LogP contribution in [0.4, 0.5) is 8.78 Å². The van der Waals surface area contributed by atoms with Crippen molar-refractivity contribution >= 4 is 35.2 Å². The van der Waals surface area contributed by atoms with Crippen LogP contribution in [-0.2, 0) is 16.1 Å². The molecule has 0 spiro atoms. The summed E-state index contributed by atoms with van der Waals surface area (Å²) in [6.45, 7) is -3.13. The Labute approximate surface area is 188 Å². The van der Waals surface area contributed by atoms with Crippen LogP contribution in [0, 0.1) is 0 Å². The van der Waals surface area contributed by atoms with Gasteiger partial charge in [-0.15, -0.1) is 0 Å². The summed E-state index contributed by atoms with van der Waals surface area (Å²) in [6, 6.07) is 9.86. The fourth-order valence-corrected chi connectivity index (χ4v) is 3.31. The fraction of sp³-hybridized carbons (Fsp3) is 0.333. The van der Waals surface area contributed by atoms with E-state index >= 15 is 0 Å². The number of rotatable bonds is 11. The van der Waals surface area contributed by atoms with Crippen molar-refractivity contribution in [2.45, 2.75) is 25.7 Å². The maximum Gasteiger partial charge on any atom is 0.387 e. The minimum atomic E-state index is -2.99. The highest BCUT2D eigenvalue weighted by Crippen LogP contribution is 2.29. The van der Waals surface area contributed by atoms with Crippen molar-refractivity contribution < 1.29 is 32.6 Å². The second-order valence-corrected chi connectivity index (χ2v) is 7.65. The molecular formula is C21H22ClF2NO5S. The van der Waals surface area contributed by atoms with Crippen LogP contribution in [0.25, 0.3) is 0 Å². The third-order valence-corrected chi connectivity index (χ3v) is 5.12. The van der Waals surface area contributed by atoms with Crippen molar-refractivity contribution in [2.75, 3.05) is 19.1 Å². The molecule has 2 aromatic carbocycles. The molecule has 0 aliphatic heterocycles. The Bertz CT molecular complexity index is 900. The smallest absolute Gasteiger partial charge is 0.387 e. The van der Waals surface area contributed by atoms with Gasteiger partial charge in [0.25, 0.3) is 5.91 Å². The number of amides is 1. The van der Waals surface area contributed by atoms with Crippen LogP contribution in [0.2, 0.25) is 5.02 Å². The number of hydrogen-bond acceptors (Lipinski definition) is 6. The molecule has 0 radical (unpaired) electrons. The highest BCUT2D eigenvalue weighted by atomic mass is 35.5. The molecule has 0 aliphatic rings. The lowest BCUT2D eigenvalue weighted by molar-refractivity contribution is -0.147. The van der Waals surface area contributed by atoms with Crippen molar-refractivity contribution in [1.82, 2.24) is 5.32 Å². The Morgan fingerprint density at radius 1 is 1.16 bits per heavy atom. The van der Waals surface area contributed by atoms with Gasteiger partial charge in [-0.3, -0.25) is 4.79 Å². The Hall–Kier alpha value is -2.52. The maximum atomic E-state index is 12.6. The van der Waals surface area contributed by atoms with Crippen molar-refractivity contribution in [2.24, 2.45) is 0 Å². The summed E-state index contributed by atoms with van der Waals surface area (Å²) < 4.78 is 39.6. The lowest BCUT2D eigenvalue weighted by Gasteiger charge is -2.18. The van der Waals surface area contributed by atoms with Crippen molar-refractivity contribution in [3.8, 4) is 11.5 Å². The first-order chi connectivity index (χ1) is 14.8. The number of nitrogens with one attached hydrogen (secondary N) is 1. The first kappa shape index (κ1) is 24.7. The molecule has 0 heterocycles. The zero-order valence-electron chi connectivity index (χ0n) is 16.9. The molecule has 0 saturated heterocycles. The predicted octanol–water partition coefficient (Wildman–Crippen LogP) is 4.54. The highest BCUT2D eigenvalue weighted by Gasteiger charge is 2.24. The summed E-state index contributed by atoms with van der Waals surface area (Å²) in [5.41, 5.74) is 0.762. The van der Waals surface area contributed by atoms with Gasteiger partial charge in [0.05, 0.1) is 17.7 Å². The average Bonchev–Trinajstić information content (AvgIpc) is 2.75. The number of hydrogen-bond donors (Lipinski definition) is 1. The van der Waals surface area contributed by atoms with Gasteiger partial charge >= 0.3 is 12.6 Å². The van der Waals surface area contributed by atoms with Gasteiger partial charge < -0.3 is 19.5 Å². The van der Waals surface area contributed by atoms with E-state index in [1.807, 2.05) is 6.26 Å². The summed E-state index contributed by atoms with van der Waals surface area (Å²) in [5, 5.41) is 2.93. The largest absolute Gasteiger partial charge is 0.493 e. The van der Waals surface area contributed by atoms with E-state index in [9.17, 15) is 18.4 Å². The lowest BCUT2D eigenvalue weighted by atomic mass is 10.1. The molecule has 0 bridgehead atoms. The van der Waals surface area contributed by atoms with Crippen LogP contribution in [0.3, 0.4) is 0 Å². The number of carbonyl (C=O) groups is 2. The molecule has 1 amide bonds. The normalized spacial score (nSPS) is 11.7. The van der Waals surface area contributed by atoms with Crippen LogP contribution in [0.5, 0.6) is 11.5 Å². The molecule has 2 aromatic rings. The monoisotopic (exact) mass is 473 g/mol. The number of esters is 1. The van der Waals surface area contributed by atoms with Gasteiger partial charge in [0.1, 0.15) is 12.6 Å². The molecule has 0 fully saturated rings. The quantitative estimate of drug-likeness (QED) is 0.483. The molecule has 1 N–H and O–H groups in total. The summed E-state index contributed by atoms with van der Waals surface area (Å²) >= 11 is 7.57. The summed E-state index contributed by atoms with van der Waals surface area (Å²) in [6.07, 6.45) is 2.24. The lowest BCUT2D eigenvalue weighted by Crippen LogP contribution is -2.42. The third kappa shape index (κ3) is 7.59. The zero-order valence-corrected chi connectivity index (χ0v) is 18.5. The standard InChI is InChI=1S/C21H22ClF2NO5S/c1-28-18-11-13(7-8-17(18)30-21(23)24)12-29-20(27)16(9-10-31-2)25-19(26)14-5-3-4-6-15(14)22/h3-8,11,16,21H,9-10,12H2,1-2H3,(H,25,26). The fourth-order valence-electron chi connectivity index (χ4n) is 2.62. The minimum absolute atomic E-state index is 0.0832. The number of thioether (sulfide) groups is 1. The molecule has 0 aromatic heterocycles. The van der Waals surface area contributed by atoms with Gasteiger partial charge in [0, 0.05) is 0 Å². The Balaban J connectivity index is 2.05. The Morgan fingerprint density at radius 2 is 1.90 bits per heavy atom. The van der Waals surface area contributed by atoms with E-state index in [1.54, 1.807) is 24.3 Å². The van der Waals surface area contributed by atoms with Gasteiger partial charge in [-0.05, 0) is 48.3 Å². The van der Waals surface area contributed by atoms with Crippen LogP contribution in [-0.4, -0.2) is 43.6 Å². The third-order valence-electron chi connectivity index (χ3n) is 4.14. The zero-order chi connectivity index (χ0) is 22.8.